The fourth-order valence-electron chi connectivity index (χ4n) is 2.83. The van der Waals surface area contributed by atoms with Gasteiger partial charge in [0.2, 0.25) is 0 Å². The van der Waals surface area contributed by atoms with Gasteiger partial charge in [0, 0.05) is 0 Å². The molecule has 0 bridgehead atoms. The Labute approximate surface area is 117 Å². The van der Waals surface area contributed by atoms with Crippen molar-refractivity contribution < 1.29 is 9.90 Å². The van der Waals surface area contributed by atoms with Crippen LogP contribution in [0.1, 0.15) is 37.7 Å². The van der Waals surface area contributed by atoms with Crippen molar-refractivity contribution in [1.82, 2.24) is 0 Å². The molecule has 0 heterocycles. The molecule has 3 atom stereocenters. The number of benzene rings is 1. The summed E-state index contributed by atoms with van der Waals surface area (Å²) in [6, 6.07) is 5.46. The molecule has 1 N–H and O–H groups in total. The van der Waals surface area contributed by atoms with E-state index in [1.54, 1.807) is 6.07 Å². The molecule has 0 saturated heterocycles. The van der Waals surface area contributed by atoms with Gasteiger partial charge in [-0.3, -0.25) is 4.79 Å². The van der Waals surface area contributed by atoms with Crippen LogP contribution in [0.15, 0.2) is 18.2 Å². The summed E-state index contributed by atoms with van der Waals surface area (Å²) in [5.74, 6) is -0.585. The van der Waals surface area contributed by atoms with Crippen molar-refractivity contribution in [2.24, 2.45) is 11.8 Å². The van der Waals surface area contributed by atoms with Crippen LogP contribution in [0.4, 0.5) is 0 Å². The highest BCUT2D eigenvalue weighted by Crippen LogP contribution is 2.44. The normalized spacial score (nSPS) is 28.1. The number of hydrogen-bond donors (Lipinski definition) is 1. The summed E-state index contributed by atoms with van der Waals surface area (Å²) < 4.78 is 0. The van der Waals surface area contributed by atoms with Crippen molar-refractivity contribution in [2.75, 3.05) is 0 Å². The molecular weight excluding hydrogens is 271 g/mol. The third-order valence-corrected chi connectivity index (χ3v) is 4.64. The second-order valence-corrected chi connectivity index (χ2v) is 5.90. The lowest BCUT2D eigenvalue weighted by Gasteiger charge is -2.33. The maximum absolute atomic E-state index is 11.4. The standard InChI is InChI=1S/C14H16Cl2O2/c1-8-5-6-10(14(17)18)11(7-8)9-3-2-4-12(15)13(9)16/h2-4,8,10-11H,5-7H2,1H3,(H,17,18). The molecule has 0 aliphatic heterocycles. The van der Waals surface area contributed by atoms with Gasteiger partial charge < -0.3 is 5.11 Å². The molecule has 1 aliphatic rings. The smallest absolute Gasteiger partial charge is 0.307 e. The van der Waals surface area contributed by atoms with Gasteiger partial charge >= 0.3 is 5.97 Å². The molecule has 98 valence electrons. The Morgan fingerprint density at radius 2 is 2.06 bits per heavy atom. The number of aliphatic carboxylic acids is 1. The van der Waals surface area contributed by atoms with Crippen molar-refractivity contribution in [3.05, 3.63) is 33.8 Å². The van der Waals surface area contributed by atoms with Crippen LogP contribution < -0.4 is 0 Å². The predicted octanol–water partition coefficient (Wildman–Crippen LogP) is 4.60. The van der Waals surface area contributed by atoms with E-state index in [-0.39, 0.29) is 11.8 Å². The van der Waals surface area contributed by atoms with Gasteiger partial charge in [0.1, 0.15) is 0 Å². The number of rotatable bonds is 2. The van der Waals surface area contributed by atoms with Gasteiger partial charge in [0.05, 0.1) is 16.0 Å². The van der Waals surface area contributed by atoms with E-state index in [4.69, 9.17) is 23.2 Å². The molecule has 0 aromatic heterocycles. The Kier molecular flexibility index (Phi) is 4.18. The summed E-state index contributed by atoms with van der Waals surface area (Å²) in [5, 5.41) is 10.3. The minimum Gasteiger partial charge on any atom is -0.481 e. The van der Waals surface area contributed by atoms with Crippen LogP contribution in [-0.2, 0) is 4.79 Å². The van der Waals surface area contributed by atoms with Crippen molar-refractivity contribution >= 4 is 29.2 Å². The molecule has 1 aliphatic carbocycles. The summed E-state index contributed by atoms with van der Waals surface area (Å²) in [6.07, 6.45) is 2.53. The number of hydrogen-bond acceptors (Lipinski definition) is 1. The molecule has 2 rings (SSSR count). The van der Waals surface area contributed by atoms with Gasteiger partial charge in [-0.05, 0) is 42.7 Å². The Morgan fingerprint density at radius 3 is 2.72 bits per heavy atom. The van der Waals surface area contributed by atoms with E-state index >= 15 is 0 Å². The first-order valence-electron chi connectivity index (χ1n) is 6.17. The minimum atomic E-state index is -0.733. The first kappa shape index (κ1) is 13.7. The maximum atomic E-state index is 11.4. The van der Waals surface area contributed by atoms with E-state index in [9.17, 15) is 9.90 Å². The zero-order valence-electron chi connectivity index (χ0n) is 10.2. The van der Waals surface area contributed by atoms with Gasteiger partial charge in [0.25, 0.3) is 0 Å². The molecule has 0 amide bonds. The van der Waals surface area contributed by atoms with Crippen LogP contribution in [0.25, 0.3) is 0 Å². The van der Waals surface area contributed by atoms with Gasteiger partial charge in [0.15, 0.2) is 0 Å². The summed E-state index contributed by atoms with van der Waals surface area (Å²) >= 11 is 12.2. The van der Waals surface area contributed by atoms with Gasteiger partial charge in [-0.1, -0.05) is 42.3 Å². The Balaban J connectivity index is 2.38. The van der Waals surface area contributed by atoms with Crippen molar-refractivity contribution in [1.29, 1.82) is 0 Å². The molecule has 1 aromatic carbocycles. The molecule has 0 radical (unpaired) electrons. The van der Waals surface area contributed by atoms with E-state index < -0.39 is 5.97 Å². The first-order valence-corrected chi connectivity index (χ1v) is 6.93. The SMILES string of the molecule is CC1CCC(C(=O)O)C(c2cccc(Cl)c2Cl)C1. The monoisotopic (exact) mass is 286 g/mol. The van der Waals surface area contributed by atoms with E-state index in [1.807, 2.05) is 12.1 Å². The highest BCUT2D eigenvalue weighted by Gasteiger charge is 2.35. The molecule has 1 aromatic rings. The average molecular weight is 287 g/mol. The van der Waals surface area contributed by atoms with Crippen LogP contribution in [0.3, 0.4) is 0 Å². The van der Waals surface area contributed by atoms with Crippen LogP contribution in [0, 0.1) is 11.8 Å². The molecule has 0 spiro atoms. The van der Waals surface area contributed by atoms with E-state index in [2.05, 4.69) is 6.92 Å². The van der Waals surface area contributed by atoms with Crippen LogP contribution in [0.5, 0.6) is 0 Å². The number of halogens is 2. The molecular formula is C14H16Cl2O2. The minimum absolute atomic E-state index is 0.0301. The zero-order valence-corrected chi connectivity index (χ0v) is 11.7. The third kappa shape index (κ3) is 2.65. The first-order chi connectivity index (χ1) is 8.50. The summed E-state index contributed by atoms with van der Waals surface area (Å²) in [5.41, 5.74) is 0.878. The highest BCUT2D eigenvalue weighted by molar-refractivity contribution is 6.42. The summed E-state index contributed by atoms with van der Waals surface area (Å²) in [4.78, 5) is 11.4. The lowest BCUT2D eigenvalue weighted by molar-refractivity contribution is -0.143. The molecule has 2 nitrogen and oxygen atoms in total. The molecule has 1 fully saturated rings. The van der Waals surface area contributed by atoms with Crippen LogP contribution in [-0.4, -0.2) is 11.1 Å². The van der Waals surface area contributed by atoms with E-state index in [0.717, 1.165) is 18.4 Å². The van der Waals surface area contributed by atoms with Crippen LogP contribution >= 0.6 is 23.2 Å². The van der Waals surface area contributed by atoms with Crippen molar-refractivity contribution in [3.63, 3.8) is 0 Å². The largest absolute Gasteiger partial charge is 0.481 e. The van der Waals surface area contributed by atoms with Gasteiger partial charge in [-0.25, -0.2) is 0 Å². The Hall–Kier alpha value is -0.730. The average Bonchev–Trinajstić information content (AvgIpc) is 2.32. The topological polar surface area (TPSA) is 37.3 Å². The molecule has 4 heteroatoms. The predicted molar refractivity (Wildman–Crippen MR) is 73.3 cm³/mol. The second kappa shape index (κ2) is 5.50. The summed E-state index contributed by atoms with van der Waals surface area (Å²) in [6.45, 7) is 2.16. The van der Waals surface area contributed by atoms with Gasteiger partial charge in [-0.2, -0.15) is 0 Å². The Morgan fingerprint density at radius 1 is 1.33 bits per heavy atom. The Bertz CT molecular complexity index is 459. The van der Waals surface area contributed by atoms with Crippen molar-refractivity contribution in [2.45, 2.75) is 32.1 Å². The number of carboxylic acids is 1. The fourth-order valence-corrected chi connectivity index (χ4v) is 3.27. The second-order valence-electron chi connectivity index (χ2n) is 5.11. The fraction of sp³-hybridized carbons (Fsp3) is 0.500. The zero-order chi connectivity index (χ0) is 13.3. The highest BCUT2D eigenvalue weighted by atomic mass is 35.5. The maximum Gasteiger partial charge on any atom is 0.307 e. The summed E-state index contributed by atoms with van der Waals surface area (Å²) in [7, 11) is 0. The van der Waals surface area contributed by atoms with E-state index in [0.29, 0.717) is 22.4 Å². The number of carboxylic acid groups (broad SMARTS) is 1. The van der Waals surface area contributed by atoms with Crippen LogP contribution in [0.2, 0.25) is 10.0 Å². The lowest BCUT2D eigenvalue weighted by atomic mass is 9.71. The van der Waals surface area contributed by atoms with Crippen molar-refractivity contribution in [3.8, 4) is 0 Å². The van der Waals surface area contributed by atoms with E-state index in [1.165, 1.54) is 0 Å². The molecule has 1 saturated carbocycles. The molecule has 18 heavy (non-hydrogen) atoms. The quantitative estimate of drug-likeness (QED) is 0.863. The molecule has 3 unspecified atom stereocenters. The third-order valence-electron chi connectivity index (χ3n) is 3.81. The van der Waals surface area contributed by atoms with Gasteiger partial charge in [-0.15, -0.1) is 0 Å². The lowest BCUT2D eigenvalue weighted by Crippen LogP contribution is -2.28. The number of carbonyl (C=O) groups is 1.